The van der Waals surface area contributed by atoms with E-state index in [2.05, 4.69) is 20.9 Å². The number of carbonyl (C=O) groups is 3. The Hall–Kier alpha value is -4.81. The van der Waals surface area contributed by atoms with Crippen molar-refractivity contribution < 1.29 is 23.9 Å². The summed E-state index contributed by atoms with van der Waals surface area (Å²) in [5, 5.41) is 11.2. The number of halogens is 2. The number of nitrogens with zero attached hydrogens (tertiary/aromatic N) is 1. The summed E-state index contributed by atoms with van der Waals surface area (Å²) in [6.07, 6.45) is 1.46. The Kier molecular flexibility index (Phi) is 11.8. The van der Waals surface area contributed by atoms with Gasteiger partial charge < -0.3 is 25.4 Å². The number of nitrogens with one attached hydrogen (secondary N) is 3. The molecule has 5 rings (SSSR count). The fourth-order valence-electron chi connectivity index (χ4n) is 4.36. The number of rotatable bonds is 12. The Bertz CT molecular complexity index is 1990. The van der Waals surface area contributed by atoms with Crippen molar-refractivity contribution in [2.24, 2.45) is 0 Å². The van der Waals surface area contributed by atoms with Crippen LogP contribution in [-0.2, 0) is 9.59 Å². The van der Waals surface area contributed by atoms with Crippen LogP contribution in [0.1, 0.15) is 15.9 Å². The molecule has 9 nitrogen and oxygen atoms in total. The van der Waals surface area contributed by atoms with Gasteiger partial charge in [-0.15, -0.1) is 23.1 Å². The lowest BCUT2D eigenvalue weighted by Gasteiger charge is -2.13. The molecule has 4 aromatic carbocycles. The number of aromatic nitrogens is 1. The molecule has 0 fully saturated rings. The molecule has 0 bridgehead atoms. The minimum Gasteiger partial charge on any atom is -0.493 e. The number of thiazole rings is 1. The summed E-state index contributed by atoms with van der Waals surface area (Å²) in [5.41, 5.74) is 2.77. The zero-order valence-corrected chi connectivity index (χ0v) is 28.7. The van der Waals surface area contributed by atoms with Gasteiger partial charge in [-0.3, -0.25) is 14.4 Å². The van der Waals surface area contributed by atoms with E-state index in [9.17, 15) is 14.4 Å². The van der Waals surface area contributed by atoms with E-state index in [0.29, 0.717) is 44.2 Å². The van der Waals surface area contributed by atoms with Crippen LogP contribution < -0.4 is 25.4 Å². The molecule has 0 atom stereocenters. The molecule has 1 heterocycles. The molecular formula is C35H28Cl2N4O5S2. The Morgan fingerprint density at radius 3 is 2.42 bits per heavy atom. The second-order valence-corrected chi connectivity index (χ2v) is 12.6. The number of hydrogen-bond donors (Lipinski definition) is 3. The van der Waals surface area contributed by atoms with Gasteiger partial charge in [0.1, 0.15) is 5.70 Å². The Morgan fingerprint density at radius 1 is 0.875 bits per heavy atom. The second-order valence-electron chi connectivity index (χ2n) is 9.95. The fourth-order valence-corrected chi connectivity index (χ4v) is 6.21. The topological polar surface area (TPSA) is 119 Å². The van der Waals surface area contributed by atoms with Gasteiger partial charge in [0.2, 0.25) is 5.91 Å². The molecule has 0 unspecified atom stereocenters. The minimum absolute atomic E-state index is 0.0404. The minimum atomic E-state index is -0.579. The molecule has 0 spiro atoms. The van der Waals surface area contributed by atoms with Gasteiger partial charge >= 0.3 is 0 Å². The van der Waals surface area contributed by atoms with Crippen molar-refractivity contribution in [3.63, 3.8) is 0 Å². The number of anilines is 2. The molecule has 0 radical (unpaired) electrons. The largest absolute Gasteiger partial charge is 0.493 e. The van der Waals surface area contributed by atoms with Crippen LogP contribution in [-0.4, -0.2) is 42.7 Å². The van der Waals surface area contributed by atoms with Crippen LogP contribution in [0.25, 0.3) is 17.3 Å². The highest BCUT2D eigenvalue weighted by Gasteiger charge is 2.17. The van der Waals surface area contributed by atoms with E-state index in [4.69, 9.17) is 32.7 Å². The van der Waals surface area contributed by atoms with Crippen molar-refractivity contribution in [3.8, 4) is 22.8 Å². The third-order valence-electron chi connectivity index (χ3n) is 6.70. The molecule has 1 aromatic heterocycles. The molecule has 5 aromatic rings. The molecule has 3 N–H and O–H groups in total. The second kappa shape index (κ2) is 16.3. The number of ether oxygens (including phenoxy) is 2. The zero-order chi connectivity index (χ0) is 34.0. The maximum Gasteiger partial charge on any atom is 0.272 e. The van der Waals surface area contributed by atoms with Crippen molar-refractivity contribution in [2.75, 3.05) is 30.6 Å². The molecule has 0 aliphatic heterocycles. The van der Waals surface area contributed by atoms with Gasteiger partial charge in [0.25, 0.3) is 11.8 Å². The van der Waals surface area contributed by atoms with Gasteiger partial charge in [0.05, 0.1) is 35.7 Å². The van der Waals surface area contributed by atoms with E-state index in [1.165, 1.54) is 29.2 Å². The summed E-state index contributed by atoms with van der Waals surface area (Å²) in [4.78, 5) is 44.5. The van der Waals surface area contributed by atoms with Crippen molar-refractivity contribution in [2.45, 2.75) is 4.90 Å². The predicted molar refractivity (Wildman–Crippen MR) is 193 cm³/mol. The lowest BCUT2D eigenvalue weighted by Crippen LogP contribution is -2.30. The Labute approximate surface area is 295 Å². The van der Waals surface area contributed by atoms with Gasteiger partial charge in [-0.05, 0) is 66.2 Å². The lowest BCUT2D eigenvalue weighted by molar-refractivity contribution is -0.114. The zero-order valence-electron chi connectivity index (χ0n) is 25.6. The Balaban J connectivity index is 1.23. The number of methoxy groups -OCH3 is 2. The van der Waals surface area contributed by atoms with E-state index in [1.54, 1.807) is 87.0 Å². The van der Waals surface area contributed by atoms with Crippen molar-refractivity contribution >= 4 is 80.9 Å². The van der Waals surface area contributed by atoms with Gasteiger partial charge in [-0.1, -0.05) is 59.6 Å². The normalized spacial score (nSPS) is 11.0. The third kappa shape index (κ3) is 8.96. The standard InChI is InChI=1S/C35H28Cl2N4O5S2/c1-45-29-15-14-22(17-30(29)46-2)28-19-48-35(40-28)41-31(42)20-47-25-12-7-11-24(18-25)38-34(44)27(16-23-10-6-13-26(36)32(23)37)39-33(43)21-8-4-3-5-9-21/h3-19H,20H2,1-2H3,(H,38,44)(H,39,43)(H,40,41,42)/b27-16+. The number of carbonyl (C=O) groups excluding carboxylic acids is 3. The number of thioether (sulfide) groups is 1. The van der Waals surface area contributed by atoms with E-state index in [1.807, 2.05) is 23.6 Å². The first-order chi connectivity index (χ1) is 23.2. The first-order valence-electron chi connectivity index (χ1n) is 14.3. The summed E-state index contributed by atoms with van der Waals surface area (Å²) in [6.45, 7) is 0. The highest BCUT2D eigenvalue weighted by atomic mass is 35.5. The summed E-state index contributed by atoms with van der Waals surface area (Å²) in [6, 6.07) is 26.0. The molecule has 13 heteroatoms. The van der Waals surface area contributed by atoms with Crippen LogP contribution in [0.4, 0.5) is 10.8 Å². The molecule has 0 aliphatic rings. The van der Waals surface area contributed by atoms with E-state index >= 15 is 0 Å². The number of amides is 3. The summed E-state index contributed by atoms with van der Waals surface area (Å²) < 4.78 is 10.7. The van der Waals surface area contributed by atoms with Crippen molar-refractivity contribution in [1.29, 1.82) is 0 Å². The molecule has 0 saturated heterocycles. The van der Waals surface area contributed by atoms with Gasteiger partial charge in [0, 0.05) is 27.1 Å². The van der Waals surface area contributed by atoms with Crippen LogP contribution >= 0.6 is 46.3 Å². The average molecular weight is 720 g/mol. The van der Waals surface area contributed by atoms with Crippen LogP contribution in [0.3, 0.4) is 0 Å². The third-order valence-corrected chi connectivity index (χ3v) is 9.29. The van der Waals surface area contributed by atoms with Crippen molar-refractivity contribution in [3.05, 3.63) is 123 Å². The first kappa shape index (κ1) is 34.5. The summed E-state index contributed by atoms with van der Waals surface area (Å²) in [7, 11) is 3.14. The maximum absolute atomic E-state index is 13.5. The lowest BCUT2D eigenvalue weighted by atomic mass is 10.1. The number of hydrogen-bond acceptors (Lipinski definition) is 8. The van der Waals surface area contributed by atoms with Gasteiger partial charge in [-0.2, -0.15) is 0 Å². The molecule has 48 heavy (non-hydrogen) atoms. The van der Waals surface area contributed by atoms with E-state index in [-0.39, 0.29) is 22.4 Å². The number of benzene rings is 4. The molecule has 0 saturated carbocycles. The van der Waals surface area contributed by atoms with Crippen LogP contribution in [0.2, 0.25) is 10.0 Å². The molecular weight excluding hydrogens is 691 g/mol. The highest BCUT2D eigenvalue weighted by Crippen LogP contribution is 2.34. The fraction of sp³-hybridized carbons (Fsp3) is 0.0857. The smallest absolute Gasteiger partial charge is 0.272 e. The molecule has 244 valence electrons. The van der Waals surface area contributed by atoms with Gasteiger partial charge in [0.15, 0.2) is 16.6 Å². The maximum atomic E-state index is 13.5. The average Bonchev–Trinajstić information content (AvgIpc) is 3.57. The predicted octanol–water partition coefficient (Wildman–Crippen LogP) is 8.27. The Morgan fingerprint density at radius 2 is 1.65 bits per heavy atom. The van der Waals surface area contributed by atoms with E-state index in [0.717, 1.165) is 10.5 Å². The summed E-state index contributed by atoms with van der Waals surface area (Å²) >= 11 is 15.2. The first-order valence-corrected chi connectivity index (χ1v) is 16.9. The molecule has 0 aliphatic carbocycles. The monoisotopic (exact) mass is 718 g/mol. The SMILES string of the molecule is COc1ccc(-c2csc(NC(=O)CSc3cccc(NC(=O)/C(=C\c4cccc(Cl)c4Cl)NC(=O)c4ccccc4)c3)n2)cc1OC. The van der Waals surface area contributed by atoms with Gasteiger partial charge in [-0.25, -0.2) is 4.98 Å². The highest BCUT2D eigenvalue weighted by molar-refractivity contribution is 8.00. The van der Waals surface area contributed by atoms with Crippen LogP contribution in [0, 0.1) is 0 Å². The van der Waals surface area contributed by atoms with E-state index < -0.39 is 11.8 Å². The summed E-state index contributed by atoms with van der Waals surface area (Å²) in [5.74, 6) is 0.00692. The van der Waals surface area contributed by atoms with Crippen LogP contribution in [0.15, 0.2) is 107 Å². The molecule has 3 amide bonds. The van der Waals surface area contributed by atoms with Crippen LogP contribution in [0.5, 0.6) is 11.5 Å². The quantitative estimate of drug-likeness (QED) is 0.0878. The van der Waals surface area contributed by atoms with Crippen molar-refractivity contribution in [1.82, 2.24) is 10.3 Å².